The number of nitrogen functional groups attached to an aromatic ring is 1. The van der Waals surface area contributed by atoms with E-state index in [-0.39, 0.29) is 28.6 Å². The van der Waals surface area contributed by atoms with Crippen molar-refractivity contribution in [2.75, 3.05) is 44.7 Å². The van der Waals surface area contributed by atoms with Crippen molar-refractivity contribution >= 4 is 23.5 Å². The Morgan fingerprint density at radius 2 is 1.96 bits per heavy atom. The zero-order valence-electron chi connectivity index (χ0n) is 15.4. The van der Waals surface area contributed by atoms with Crippen molar-refractivity contribution < 1.29 is 4.79 Å². The van der Waals surface area contributed by atoms with Crippen LogP contribution in [-0.4, -0.2) is 64.7 Å². The minimum Gasteiger partial charge on any atom is -0.383 e. The number of nitrogens with two attached hydrogens (primary N) is 1. The number of thioether (sulfide) groups is 1. The first-order valence-electron chi connectivity index (χ1n) is 8.68. The first-order valence-corrected chi connectivity index (χ1v) is 9.67. The van der Waals surface area contributed by atoms with Crippen molar-refractivity contribution in [2.24, 2.45) is 0 Å². The van der Waals surface area contributed by atoms with Gasteiger partial charge >= 0.3 is 0 Å². The van der Waals surface area contributed by atoms with Gasteiger partial charge in [0.15, 0.2) is 0 Å². The maximum absolute atomic E-state index is 12.5. The van der Waals surface area contributed by atoms with Gasteiger partial charge in [-0.2, -0.15) is 10.5 Å². The number of rotatable bonds is 4. The van der Waals surface area contributed by atoms with Crippen molar-refractivity contribution in [3.8, 4) is 23.3 Å². The van der Waals surface area contributed by atoms with Gasteiger partial charge in [0.05, 0.1) is 11.3 Å². The van der Waals surface area contributed by atoms with Crippen molar-refractivity contribution in [1.82, 2.24) is 19.8 Å². The number of hydrogen-bond donors (Lipinski definition) is 1. The summed E-state index contributed by atoms with van der Waals surface area (Å²) in [4.78, 5) is 24.8. The summed E-state index contributed by atoms with van der Waals surface area (Å²) >= 11 is 1.17. The molecular weight excluding hydrogens is 374 g/mol. The predicted molar refractivity (Wildman–Crippen MR) is 106 cm³/mol. The van der Waals surface area contributed by atoms with Gasteiger partial charge < -0.3 is 15.5 Å². The van der Waals surface area contributed by atoms with Gasteiger partial charge in [-0.05, 0) is 13.1 Å². The Labute approximate surface area is 167 Å². The van der Waals surface area contributed by atoms with Gasteiger partial charge in [0.25, 0.3) is 0 Å². The zero-order chi connectivity index (χ0) is 20.1. The quantitative estimate of drug-likeness (QED) is 0.772. The molecule has 3 rings (SSSR count). The summed E-state index contributed by atoms with van der Waals surface area (Å²) in [6.45, 7) is 3.05. The van der Waals surface area contributed by atoms with Crippen LogP contribution in [0.4, 0.5) is 5.82 Å². The molecule has 0 radical (unpaired) electrons. The molecule has 1 amide bonds. The number of pyridine rings is 2. The van der Waals surface area contributed by atoms with Crippen molar-refractivity contribution in [2.45, 2.75) is 5.03 Å². The number of likely N-dealkylation sites (N-methyl/N-ethyl adjacent to an activating group) is 1. The lowest BCUT2D eigenvalue weighted by Crippen LogP contribution is -2.47. The van der Waals surface area contributed by atoms with E-state index in [0.29, 0.717) is 29.2 Å². The predicted octanol–water partition coefficient (Wildman–Crippen LogP) is 1.34. The fourth-order valence-corrected chi connectivity index (χ4v) is 3.88. The number of piperazine rings is 1. The molecule has 1 aliphatic rings. The Balaban J connectivity index is 1.90. The minimum atomic E-state index is -0.00495. The van der Waals surface area contributed by atoms with Crippen LogP contribution in [0.5, 0.6) is 0 Å². The van der Waals surface area contributed by atoms with E-state index in [9.17, 15) is 15.3 Å². The fourth-order valence-electron chi connectivity index (χ4n) is 2.98. The van der Waals surface area contributed by atoms with Crippen LogP contribution >= 0.6 is 11.8 Å². The van der Waals surface area contributed by atoms with Crippen LogP contribution in [0, 0.1) is 22.7 Å². The Hall–Kier alpha value is -3.14. The number of nitrogens with zero attached hydrogens (tertiary/aromatic N) is 6. The number of anilines is 1. The molecule has 142 valence electrons. The van der Waals surface area contributed by atoms with Crippen LogP contribution in [0.1, 0.15) is 11.1 Å². The third-order valence-corrected chi connectivity index (χ3v) is 5.51. The summed E-state index contributed by atoms with van der Waals surface area (Å²) in [5, 5.41) is 19.6. The van der Waals surface area contributed by atoms with E-state index in [2.05, 4.69) is 20.9 Å². The number of carbonyl (C=O) groups is 1. The molecule has 0 atom stereocenters. The van der Waals surface area contributed by atoms with Crippen LogP contribution in [0.3, 0.4) is 0 Å². The number of amides is 1. The monoisotopic (exact) mass is 393 g/mol. The molecule has 3 heterocycles. The van der Waals surface area contributed by atoms with E-state index in [1.807, 2.05) is 18.0 Å². The molecule has 8 nitrogen and oxygen atoms in total. The maximum atomic E-state index is 12.5. The van der Waals surface area contributed by atoms with E-state index in [1.165, 1.54) is 11.8 Å². The number of nitriles is 2. The van der Waals surface area contributed by atoms with Gasteiger partial charge in [-0.1, -0.05) is 17.8 Å². The van der Waals surface area contributed by atoms with Crippen LogP contribution in [0.25, 0.3) is 11.1 Å². The second-order valence-electron chi connectivity index (χ2n) is 6.37. The molecule has 0 saturated carbocycles. The number of aromatic nitrogens is 2. The summed E-state index contributed by atoms with van der Waals surface area (Å²) in [5.74, 6) is 0.188. The molecule has 0 aliphatic carbocycles. The van der Waals surface area contributed by atoms with Gasteiger partial charge in [-0.15, -0.1) is 0 Å². The SMILES string of the molecule is CN1CCN(C(=O)CSc2nc(N)c(C#N)c(-c3cccnc3)c2C#N)CC1. The lowest BCUT2D eigenvalue weighted by molar-refractivity contribution is -0.129. The molecule has 1 aliphatic heterocycles. The second kappa shape index (κ2) is 8.70. The zero-order valence-corrected chi connectivity index (χ0v) is 16.2. The van der Waals surface area contributed by atoms with Crippen molar-refractivity contribution in [3.63, 3.8) is 0 Å². The molecule has 0 unspecified atom stereocenters. The Kier molecular flexibility index (Phi) is 6.09. The number of hydrogen-bond acceptors (Lipinski definition) is 8. The summed E-state index contributed by atoms with van der Waals surface area (Å²) < 4.78 is 0. The number of carbonyl (C=O) groups excluding carboxylic acids is 1. The lowest BCUT2D eigenvalue weighted by Gasteiger charge is -2.32. The summed E-state index contributed by atoms with van der Waals surface area (Å²) in [6, 6.07) is 7.63. The third-order valence-electron chi connectivity index (χ3n) is 4.55. The van der Waals surface area contributed by atoms with Crippen LogP contribution in [0.15, 0.2) is 29.6 Å². The highest BCUT2D eigenvalue weighted by Crippen LogP contribution is 2.35. The first kappa shape index (κ1) is 19.6. The second-order valence-corrected chi connectivity index (χ2v) is 7.33. The van der Waals surface area contributed by atoms with Crippen molar-refractivity contribution in [3.05, 3.63) is 35.7 Å². The van der Waals surface area contributed by atoms with Gasteiger partial charge in [-0.3, -0.25) is 9.78 Å². The first-order chi connectivity index (χ1) is 13.5. The highest BCUT2D eigenvalue weighted by atomic mass is 32.2. The molecule has 9 heteroatoms. The Morgan fingerprint density at radius 3 is 2.57 bits per heavy atom. The van der Waals surface area contributed by atoms with Gasteiger partial charge in [0, 0.05) is 49.7 Å². The highest BCUT2D eigenvalue weighted by Gasteiger charge is 2.23. The smallest absolute Gasteiger partial charge is 0.233 e. The van der Waals surface area contributed by atoms with E-state index >= 15 is 0 Å². The molecule has 28 heavy (non-hydrogen) atoms. The minimum absolute atomic E-state index is 0.00495. The fraction of sp³-hybridized carbons (Fsp3) is 0.316. The van der Waals surface area contributed by atoms with E-state index in [0.717, 1.165) is 13.1 Å². The summed E-state index contributed by atoms with van der Waals surface area (Å²) in [6.07, 6.45) is 3.18. The summed E-state index contributed by atoms with van der Waals surface area (Å²) in [7, 11) is 2.03. The molecule has 0 spiro atoms. The maximum Gasteiger partial charge on any atom is 0.233 e. The highest BCUT2D eigenvalue weighted by molar-refractivity contribution is 8.00. The van der Waals surface area contributed by atoms with Crippen LogP contribution in [-0.2, 0) is 4.79 Å². The molecule has 1 fully saturated rings. The molecule has 2 aromatic rings. The molecule has 0 aromatic carbocycles. The molecular formula is C19H19N7OS. The largest absolute Gasteiger partial charge is 0.383 e. The summed E-state index contributed by atoms with van der Waals surface area (Å²) in [5.41, 5.74) is 7.36. The van der Waals surface area contributed by atoms with Gasteiger partial charge in [-0.25, -0.2) is 4.98 Å². The normalized spacial score (nSPS) is 14.3. The van der Waals surface area contributed by atoms with Crippen LogP contribution in [0.2, 0.25) is 0 Å². The van der Waals surface area contributed by atoms with E-state index in [4.69, 9.17) is 5.73 Å². The van der Waals surface area contributed by atoms with E-state index in [1.54, 1.807) is 24.5 Å². The molecule has 2 aromatic heterocycles. The van der Waals surface area contributed by atoms with Crippen molar-refractivity contribution in [1.29, 1.82) is 10.5 Å². The standard InChI is InChI=1S/C19H19N7OS/c1-25-5-7-26(8-6-25)16(27)12-28-19-15(10-21)17(13-3-2-4-23-11-13)14(9-20)18(22)24-19/h2-4,11H,5-8,12H2,1H3,(H2,22,24). The lowest BCUT2D eigenvalue weighted by atomic mass is 9.98. The van der Waals surface area contributed by atoms with Crippen LogP contribution < -0.4 is 5.73 Å². The van der Waals surface area contributed by atoms with Gasteiger partial charge in [0.1, 0.15) is 28.5 Å². The topological polar surface area (TPSA) is 123 Å². The average molecular weight is 393 g/mol. The molecule has 0 bridgehead atoms. The molecule has 2 N–H and O–H groups in total. The average Bonchev–Trinajstić information content (AvgIpc) is 2.72. The Morgan fingerprint density at radius 1 is 1.25 bits per heavy atom. The Bertz CT molecular complexity index is 957. The van der Waals surface area contributed by atoms with Gasteiger partial charge in [0.2, 0.25) is 5.91 Å². The van der Waals surface area contributed by atoms with E-state index < -0.39 is 0 Å². The molecule has 1 saturated heterocycles. The third kappa shape index (κ3) is 4.06.